The molecule has 0 aliphatic heterocycles. The Morgan fingerprint density at radius 1 is 0.955 bits per heavy atom. The van der Waals surface area contributed by atoms with E-state index in [9.17, 15) is 18.0 Å². The van der Waals surface area contributed by atoms with Gasteiger partial charge in [0, 0.05) is 12.2 Å². The average molecular weight is 308 g/mol. The maximum atomic E-state index is 12.4. The van der Waals surface area contributed by atoms with Crippen LogP contribution in [-0.4, -0.2) is 12.6 Å². The van der Waals surface area contributed by atoms with Crippen molar-refractivity contribution in [2.75, 3.05) is 11.9 Å². The number of para-hydroxylation sites is 1. The van der Waals surface area contributed by atoms with E-state index >= 15 is 0 Å². The Morgan fingerprint density at radius 2 is 1.59 bits per heavy atom. The van der Waals surface area contributed by atoms with Crippen molar-refractivity contribution >= 4 is 11.7 Å². The van der Waals surface area contributed by atoms with Gasteiger partial charge in [-0.15, -0.1) is 0 Å². The fourth-order valence-corrected chi connectivity index (χ4v) is 1.88. The number of nitrogens with one attached hydrogen (secondary N) is 2. The summed E-state index contributed by atoms with van der Waals surface area (Å²) < 4.78 is 37.3. The topological polar surface area (TPSA) is 41.1 Å². The first-order valence-electron chi connectivity index (χ1n) is 6.71. The second-order valence-corrected chi connectivity index (χ2v) is 4.69. The van der Waals surface area contributed by atoms with E-state index in [0.29, 0.717) is 18.7 Å². The molecule has 0 saturated heterocycles. The quantitative estimate of drug-likeness (QED) is 0.878. The molecule has 0 aliphatic rings. The highest BCUT2D eigenvalue weighted by Gasteiger charge is 2.29. The molecule has 2 aromatic rings. The number of amides is 2. The summed E-state index contributed by atoms with van der Waals surface area (Å²) in [4.78, 5) is 11.6. The van der Waals surface area contributed by atoms with Gasteiger partial charge in [-0.3, -0.25) is 0 Å². The molecule has 6 heteroatoms. The molecule has 0 radical (unpaired) electrons. The van der Waals surface area contributed by atoms with Crippen LogP contribution in [0.2, 0.25) is 0 Å². The van der Waals surface area contributed by atoms with E-state index in [2.05, 4.69) is 10.6 Å². The molecule has 0 aromatic heterocycles. The second kappa shape index (κ2) is 6.98. The van der Waals surface area contributed by atoms with Gasteiger partial charge in [0.2, 0.25) is 0 Å². The second-order valence-electron chi connectivity index (χ2n) is 4.69. The summed E-state index contributed by atoms with van der Waals surface area (Å²) in [6.07, 6.45) is -3.87. The Balaban J connectivity index is 1.78. The molecule has 0 spiro atoms. The zero-order valence-electron chi connectivity index (χ0n) is 11.7. The molecule has 2 aromatic carbocycles. The predicted octanol–water partition coefficient (Wildman–Crippen LogP) is 4.07. The lowest BCUT2D eigenvalue weighted by Gasteiger charge is -2.09. The Kier molecular flexibility index (Phi) is 5.04. The highest BCUT2D eigenvalue weighted by atomic mass is 19.4. The number of hydrogen-bond donors (Lipinski definition) is 2. The van der Waals surface area contributed by atoms with Crippen molar-refractivity contribution in [2.45, 2.75) is 12.6 Å². The van der Waals surface area contributed by atoms with Crippen molar-refractivity contribution < 1.29 is 18.0 Å². The minimum absolute atomic E-state index is 0.337. The van der Waals surface area contributed by atoms with Crippen LogP contribution in [0.3, 0.4) is 0 Å². The molecule has 0 heterocycles. The SMILES string of the molecule is O=C(NCCc1ccc(C(F)(F)F)cc1)Nc1ccccc1. The normalized spacial score (nSPS) is 11.0. The molecule has 0 bridgehead atoms. The number of rotatable bonds is 4. The number of urea groups is 1. The number of halogens is 3. The van der Waals surface area contributed by atoms with E-state index in [4.69, 9.17) is 0 Å². The first kappa shape index (κ1) is 15.9. The van der Waals surface area contributed by atoms with Gasteiger partial charge in [0.1, 0.15) is 0 Å². The Hall–Kier alpha value is -2.50. The molecule has 116 valence electrons. The van der Waals surface area contributed by atoms with E-state index in [1.165, 1.54) is 12.1 Å². The largest absolute Gasteiger partial charge is 0.416 e. The standard InChI is InChI=1S/C16H15F3N2O/c17-16(18,19)13-8-6-12(7-9-13)10-11-20-15(22)21-14-4-2-1-3-5-14/h1-9H,10-11H2,(H2,20,21,22). The summed E-state index contributed by atoms with van der Waals surface area (Å²) in [5.74, 6) is 0. The molecule has 0 saturated carbocycles. The van der Waals surface area contributed by atoms with Gasteiger partial charge >= 0.3 is 12.2 Å². The first-order chi connectivity index (χ1) is 10.4. The molecule has 2 N–H and O–H groups in total. The smallest absolute Gasteiger partial charge is 0.338 e. The Labute approximate surface area is 126 Å². The monoisotopic (exact) mass is 308 g/mol. The van der Waals surface area contributed by atoms with Crippen LogP contribution in [0.25, 0.3) is 0 Å². The average Bonchev–Trinajstić information content (AvgIpc) is 2.48. The van der Waals surface area contributed by atoms with Crippen molar-refractivity contribution in [3.05, 3.63) is 65.7 Å². The van der Waals surface area contributed by atoms with Crippen molar-refractivity contribution in [1.82, 2.24) is 5.32 Å². The van der Waals surface area contributed by atoms with Crippen LogP contribution in [0.5, 0.6) is 0 Å². The van der Waals surface area contributed by atoms with Crippen LogP contribution >= 0.6 is 0 Å². The highest BCUT2D eigenvalue weighted by molar-refractivity contribution is 5.89. The van der Waals surface area contributed by atoms with Crippen molar-refractivity contribution in [1.29, 1.82) is 0 Å². The van der Waals surface area contributed by atoms with E-state index in [1.807, 2.05) is 6.07 Å². The number of alkyl halides is 3. The minimum Gasteiger partial charge on any atom is -0.338 e. The molecular weight excluding hydrogens is 293 g/mol. The van der Waals surface area contributed by atoms with Crippen LogP contribution in [0.4, 0.5) is 23.7 Å². The third kappa shape index (κ3) is 4.80. The number of carbonyl (C=O) groups is 1. The van der Waals surface area contributed by atoms with Crippen molar-refractivity contribution in [2.24, 2.45) is 0 Å². The fraction of sp³-hybridized carbons (Fsp3) is 0.188. The van der Waals surface area contributed by atoms with E-state index in [1.54, 1.807) is 24.3 Å². The summed E-state index contributed by atoms with van der Waals surface area (Å²) >= 11 is 0. The molecule has 0 atom stereocenters. The van der Waals surface area contributed by atoms with Gasteiger partial charge in [0.25, 0.3) is 0 Å². The minimum atomic E-state index is -4.33. The summed E-state index contributed by atoms with van der Waals surface area (Å²) in [5.41, 5.74) is 0.730. The Bertz CT molecular complexity index is 610. The van der Waals surface area contributed by atoms with Crippen LogP contribution in [0.1, 0.15) is 11.1 Å². The molecule has 2 amide bonds. The summed E-state index contributed by atoms with van der Waals surface area (Å²) in [5, 5.41) is 5.31. The zero-order chi connectivity index (χ0) is 16.0. The van der Waals surface area contributed by atoms with E-state index < -0.39 is 11.7 Å². The number of hydrogen-bond acceptors (Lipinski definition) is 1. The lowest BCUT2D eigenvalue weighted by Crippen LogP contribution is -2.30. The molecule has 0 aliphatic carbocycles. The lowest BCUT2D eigenvalue weighted by molar-refractivity contribution is -0.137. The highest BCUT2D eigenvalue weighted by Crippen LogP contribution is 2.29. The summed E-state index contributed by atoms with van der Waals surface area (Å²) in [7, 11) is 0. The van der Waals surface area contributed by atoms with Gasteiger partial charge in [-0.1, -0.05) is 30.3 Å². The lowest BCUT2D eigenvalue weighted by atomic mass is 10.1. The third-order valence-electron chi connectivity index (χ3n) is 3.01. The van der Waals surface area contributed by atoms with Crippen molar-refractivity contribution in [3.8, 4) is 0 Å². The van der Waals surface area contributed by atoms with Crippen LogP contribution < -0.4 is 10.6 Å². The summed E-state index contributed by atoms with van der Waals surface area (Å²) in [6, 6.07) is 13.5. The maximum Gasteiger partial charge on any atom is 0.416 e. The summed E-state index contributed by atoms with van der Waals surface area (Å²) in [6.45, 7) is 0.337. The molecule has 0 unspecified atom stereocenters. The Morgan fingerprint density at radius 3 is 2.18 bits per heavy atom. The third-order valence-corrected chi connectivity index (χ3v) is 3.01. The van der Waals surface area contributed by atoms with Crippen LogP contribution in [0.15, 0.2) is 54.6 Å². The van der Waals surface area contributed by atoms with Crippen LogP contribution in [0, 0.1) is 0 Å². The number of benzene rings is 2. The van der Waals surface area contributed by atoms with Gasteiger partial charge in [-0.2, -0.15) is 13.2 Å². The number of carbonyl (C=O) groups excluding carboxylic acids is 1. The van der Waals surface area contributed by atoms with Gasteiger partial charge in [-0.05, 0) is 36.2 Å². The van der Waals surface area contributed by atoms with Crippen LogP contribution in [-0.2, 0) is 12.6 Å². The first-order valence-corrected chi connectivity index (χ1v) is 6.71. The number of anilines is 1. The van der Waals surface area contributed by atoms with Crippen molar-refractivity contribution in [3.63, 3.8) is 0 Å². The van der Waals surface area contributed by atoms with Gasteiger partial charge in [0.05, 0.1) is 5.56 Å². The molecular formula is C16H15F3N2O. The maximum absolute atomic E-state index is 12.4. The van der Waals surface area contributed by atoms with Gasteiger partial charge < -0.3 is 10.6 Å². The van der Waals surface area contributed by atoms with E-state index in [0.717, 1.165) is 17.7 Å². The van der Waals surface area contributed by atoms with Gasteiger partial charge in [0.15, 0.2) is 0 Å². The van der Waals surface area contributed by atoms with E-state index in [-0.39, 0.29) is 6.03 Å². The molecule has 3 nitrogen and oxygen atoms in total. The fourth-order valence-electron chi connectivity index (χ4n) is 1.88. The van der Waals surface area contributed by atoms with Gasteiger partial charge in [-0.25, -0.2) is 4.79 Å². The zero-order valence-corrected chi connectivity index (χ0v) is 11.7. The molecule has 2 rings (SSSR count). The molecule has 22 heavy (non-hydrogen) atoms. The molecule has 0 fully saturated rings. The predicted molar refractivity (Wildman–Crippen MR) is 78.6 cm³/mol.